The van der Waals surface area contributed by atoms with E-state index in [-0.39, 0.29) is 12.1 Å². The number of nitrogens with zero attached hydrogens (tertiary/aromatic N) is 2. The van der Waals surface area contributed by atoms with E-state index in [1.165, 1.54) is 40.5 Å². The molecular weight excluding hydrogens is 487 g/mol. The molecule has 0 saturated carbocycles. The summed E-state index contributed by atoms with van der Waals surface area (Å²) < 4.78 is 25.1. The topological polar surface area (TPSA) is 105 Å². The molecule has 1 aromatic heterocycles. The minimum absolute atomic E-state index is 0.231. The highest BCUT2D eigenvalue weighted by molar-refractivity contribution is 7.84. The third-order valence-corrected chi connectivity index (χ3v) is 6.71. The Bertz CT molecular complexity index is 1370. The van der Waals surface area contributed by atoms with Crippen LogP contribution in [0.2, 0.25) is 0 Å². The number of thiazole rings is 1. The number of halogens is 1. The maximum absolute atomic E-state index is 13.4. The van der Waals surface area contributed by atoms with E-state index >= 15 is 0 Å². The summed E-state index contributed by atoms with van der Waals surface area (Å²) in [5, 5.41) is 5.11. The molecule has 0 bridgehead atoms. The van der Waals surface area contributed by atoms with Crippen LogP contribution in [0.5, 0.6) is 0 Å². The molecule has 2 amide bonds. The second-order valence-electron chi connectivity index (χ2n) is 7.54. The van der Waals surface area contributed by atoms with Gasteiger partial charge in [-0.25, -0.2) is 9.37 Å². The van der Waals surface area contributed by atoms with Gasteiger partial charge in [0, 0.05) is 49.8 Å². The molecule has 10 heteroatoms. The zero-order valence-corrected chi connectivity index (χ0v) is 20.2. The van der Waals surface area contributed by atoms with Crippen molar-refractivity contribution in [3.05, 3.63) is 89.6 Å². The van der Waals surface area contributed by atoms with E-state index in [1.54, 1.807) is 42.7 Å². The number of hydrogen-bond acceptors (Lipinski definition) is 6. The molecule has 4 rings (SSSR count). The fourth-order valence-electron chi connectivity index (χ4n) is 3.34. The molecule has 1 atom stereocenters. The molecule has 35 heavy (non-hydrogen) atoms. The average molecular weight is 509 g/mol. The first-order chi connectivity index (χ1) is 16.8. The number of benzene rings is 3. The zero-order valence-electron chi connectivity index (χ0n) is 18.6. The molecule has 4 aromatic rings. The highest BCUT2D eigenvalue weighted by Crippen LogP contribution is 2.25. The van der Waals surface area contributed by atoms with Gasteiger partial charge in [0.2, 0.25) is 5.91 Å². The SMILES string of the molecule is CS(=O)c1ccc(N(CC(=O)Nc2ccc(-c3csc(N)n3)cc2)C(=O)c2ccc(F)cc2)cc1. The van der Waals surface area contributed by atoms with Crippen molar-refractivity contribution >= 4 is 50.5 Å². The van der Waals surface area contributed by atoms with Gasteiger partial charge in [-0.2, -0.15) is 0 Å². The summed E-state index contributed by atoms with van der Waals surface area (Å²) in [6.45, 7) is -0.283. The van der Waals surface area contributed by atoms with Gasteiger partial charge in [0.15, 0.2) is 5.13 Å². The number of carbonyl (C=O) groups excluding carboxylic acids is 2. The van der Waals surface area contributed by atoms with Crippen LogP contribution in [0.3, 0.4) is 0 Å². The Morgan fingerprint density at radius 3 is 2.26 bits per heavy atom. The third-order valence-electron chi connectivity index (χ3n) is 5.10. The van der Waals surface area contributed by atoms with Gasteiger partial charge in [0.1, 0.15) is 12.4 Å². The molecule has 3 N–H and O–H groups in total. The normalized spacial score (nSPS) is 11.6. The lowest BCUT2D eigenvalue weighted by molar-refractivity contribution is -0.114. The van der Waals surface area contributed by atoms with Crippen LogP contribution >= 0.6 is 11.3 Å². The number of amides is 2. The quantitative estimate of drug-likeness (QED) is 0.381. The van der Waals surface area contributed by atoms with E-state index < -0.39 is 28.4 Å². The monoisotopic (exact) mass is 508 g/mol. The van der Waals surface area contributed by atoms with Gasteiger partial charge < -0.3 is 11.1 Å². The van der Waals surface area contributed by atoms with E-state index in [4.69, 9.17) is 5.73 Å². The first kappa shape index (κ1) is 24.2. The molecule has 1 unspecified atom stereocenters. The lowest BCUT2D eigenvalue weighted by Gasteiger charge is -2.23. The lowest BCUT2D eigenvalue weighted by Crippen LogP contribution is -2.38. The highest BCUT2D eigenvalue weighted by Gasteiger charge is 2.21. The maximum Gasteiger partial charge on any atom is 0.258 e. The van der Waals surface area contributed by atoms with Gasteiger partial charge in [0.05, 0.1) is 5.69 Å². The summed E-state index contributed by atoms with van der Waals surface area (Å²) in [5.41, 5.74) is 8.52. The average Bonchev–Trinajstić information content (AvgIpc) is 3.29. The van der Waals surface area contributed by atoms with E-state index in [2.05, 4.69) is 10.3 Å². The van der Waals surface area contributed by atoms with Crippen LogP contribution in [0.15, 0.2) is 83.1 Å². The molecule has 0 saturated heterocycles. The van der Waals surface area contributed by atoms with Crippen molar-refractivity contribution < 1.29 is 18.2 Å². The largest absolute Gasteiger partial charge is 0.375 e. The van der Waals surface area contributed by atoms with Crippen molar-refractivity contribution in [1.29, 1.82) is 0 Å². The van der Waals surface area contributed by atoms with Crippen LogP contribution in [0, 0.1) is 5.82 Å². The van der Waals surface area contributed by atoms with E-state index in [1.807, 2.05) is 17.5 Å². The van der Waals surface area contributed by atoms with Crippen molar-refractivity contribution in [1.82, 2.24) is 4.98 Å². The maximum atomic E-state index is 13.4. The van der Waals surface area contributed by atoms with Crippen molar-refractivity contribution in [2.75, 3.05) is 28.8 Å². The molecule has 0 aliphatic heterocycles. The fourth-order valence-corrected chi connectivity index (χ4v) is 4.43. The van der Waals surface area contributed by atoms with Gasteiger partial charge in [-0.3, -0.25) is 18.7 Å². The Kier molecular flexibility index (Phi) is 7.33. The summed E-state index contributed by atoms with van der Waals surface area (Å²) >= 11 is 1.34. The van der Waals surface area contributed by atoms with Crippen molar-refractivity contribution in [3.8, 4) is 11.3 Å². The molecule has 0 fully saturated rings. The van der Waals surface area contributed by atoms with Crippen molar-refractivity contribution in [3.63, 3.8) is 0 Å². The Morgan fingerprint density at radius 1 is 1.03 bits per heavy atom. The van der Waals surface area contributed by atoms with Crippen LogP contribution in [-0.2, 0) is 15.6 Å². The Labute approximate surface area is 207 Å². The zero-order chi connectivity index (χ0) is 24.9. The van der Waals surface area contributed by atoms with Crippen molar-refractivity contribution in [2.45, 2.75) is 4.90 Å². The standard InChI is InChI=1S/C25H21FN4O3S2/c1-35(33)21-12-10-20(11-13-21)30(24(32)17-2-6-18(26)7-3-17)14-23(31)28-19-8-4-16(5-9-19)22-15-34-25(27)29-22/h2-13,15H,14H2,1H3,(H2,27,29)(H,28,31). The Balaban J connectivity index is 1.53. The first-order valence-electron chi connectivity index (χ1n) is 10.4. The molecule has 3 aromatic carbocycles. The number of nitrogen functional groups attached to an aromatic ring is 1. The molecule has 1 heterocycles. The second kappa shape index (κ2) is 10.6. The van der Waals surface area contributed by atoms with Crippen LogP contribution in [0.4, 0.5) is 20.9 Å². The summed E-state index contributed by atoms with van der Waals surface area (Å²) in [6, 6.07) is 18.7. The third kappa shape index (κ3) is 5.97. The highest BCUT2D eigenvalue weighted by atomic mass is 32.2. The first-order valence-corrected chi connectivity index (χ1v) is 12.9. The van der Waals surface area contributed by atoms with Gasteiger partial charge in [-0.1, -0.05) is 12.1 Å². The molecule has 0 aliphatic carbocycles. The molecule has 178 valence electrons. The number of rotatable bonds is 7. The molecule has 0 radical (unpaired) electrons. The van der Waals surface area contributed by atoms with Crippen LogP contribution in [-0.4, -0.2) is 33.8 Å². The number of nitrogens with two attached hydrogens (primary N) is 1. The van der Waals surface area contributed by atoms with Crippen LogP contribution < -0.4 is 16.0 Å². The van der Waals surface area contributed by atoms with Gasteiger partial charge in [-0.15, -0.1) is 11.3 Å². The van der Waals surface area contributed by atoms with Crippen LogP contribution in [0.25, 0.3) is 11.3 Å². The van der Waals surface area contributed by atoms with Gasteiger partial charge in [0.25, 0.3) is 5.91 Å². The molecular formula is C25H21FN4O3S2. The van der Waals surface area contributed by atoms with E-state index in [9.17, 15) is 18.2 Å². The number of aromatic nitrogens is 1. The minimum atomic E-state index is -1.19. The Morgan fingerprint density at radius 2 is 1.69 bits per heavy atom. The summed E-state index contributed by atoms with van der Waals surface area (Å²) in [5.74, 6) is -1.36. The molecule has 0 spiro atoms. The Hall–Kier alpha value is -3.89. The predicted molar refractivity (Wildman–Crippen MR) is 137 cm³/mol. The summed E-state index contributed by atoms with van der Waals surface area (Å²) in [6.07, 6.45) is 1.55. The number of anilines is 3. The second-order valence-corrected chi connectivity index (χ2v) is 9.81. The number of carbonyl (C=O) groups is 2. The fraction of sp³-hybridized carbons (Fsp3) is 0.0800. The van der Waals surface area contributed by atoms with Crippen LogP contribution in [0.1, 0.15) is 10.4 Å². The molecule has 7 nitrogen and oxygen atoms in total. The summed E-state index contributed by atoms with van der Waals surface area (Å²) in [4.78, 5) is 32.2. The van der Waals surface area contributed by atoms with E-state index in [0.29, 0.717) is 21.4 Å². The van der Waals surface area contributed by atoms with Gasteiger partial charge in [-0.05, 0) is 60.7 Å². The summed E-state index contributed by atoms with van der Waals surface area (Å²) in [7, 11) is -1.19. The smallest absolute Gasteiger partial charge is 0.258 e. The lowest BCUT2D eigenvalue weighted by atomic mass is 10.1. The minimum Gasteiger partial charge on any atom is -0.375 e. The molecule has 0 aliphatic rings. The number of nitrogens with one attached hydrogen (secondary N) is 1. The van der Waals surface area contributed by atoms with Crippen molar-refractivity contribution in [2.24, 2.45) is 0 Å². The number of hydrogen-bond donors (Lipinski definition) is 2. The predicted octanol–water partition coefficient (Wildman–Crippen LogP) is 4.55. The van der Waals surface area contributed by atoms with E-state index in [0.717, 1.165) is 11.3 Å². The van der Waals surface area contributed by atoms with Gasteiger partial charge >= 0.3 is 0 Å².